The molecule has 4 aromatic heterocycles. The zero-order chi connectivity index (χ0) is 29.9. The van der Waals surface area contributed by atoms with Crippen LogP contribution in [0.1, 0.15) is 55.3 Å². The number of nitrogens with one attached hydrogen (secondary N) is 1. The number of carbonyl (C=O) groups excluding carboxylic acids is 1. The van der Waals surface area contributed by atoms with Crippen LogP contribution >= 0.6 is 0 Å². The molecule has 44 heavy (non-hydrogen) atoms. The van der Waals surface area contributed by atoms with Gasteiger partial charge in [-0.05, 0) is 74.6 Å². The van der Waals surface area contributed by atoms with Crippen LogP contribution in [-0.2, 0) is 13.6 Å². The van der Waals surface area contributed by atoms with Crippen molar-refractivity contribution < 1.29 is 9.53 Å². The van der Waals surface area contributed by atoms with E-state index in [0.717, 1.165) is 109 Å². The number of hydrogen-bond acceptors (Lipinski definition) is 7. The van der Waals surface area contributed by atoms with E-state index >= 15 is 0 Å². The summed E-state index contributed by atoms with van der Waals surface area (Å²) in [5.74, 6) is 2.35. The monoisotopic (exact) mass is 590 g/mol. The predicted molar refractivity (Wildman–Crippen MR) is 172 cm³/mol. The van der Waals surface area contributed by atoms with E-state index in [9.17, 15) is 4.79 Å². The molecule has 1 amide bonds. The lowest BCUT2D eigenvalue weighted by atomic mass is 9.97. The summed E-state index contributed by atoms with van der Waals surface area (Å²) in [6.07, 6.45) is 9.10. The third-order valence-corrected chi connectivity index (χ3v) is 9.88. The third-order valence-electron chi connectivity index (χ3n) is 9.88. The standard InChI is InChI=1S/C34H38N8O2/c1-40-30-26(16-21(18-29(30)44-2)34(43)42-22-10-12-27(42)24(35)19-22)39-33(40)28-17-20-9-11-25-23-8-7-14-37-31(23)36-13-5-3-4-6-15-41(28)32(20)38-25/h7-9,11,14,16-18,22,24,27H,3-6,10,12-13,15,19,35H2,1-2H3,(H,36,37)/t22-,24+,27+/m0/s1. The minimum Gasteiger partial charge on any atom is -0.494 e. The number of aryl methyl sites for hydroxylation is 2. The van der Waals surface area contributed by atoms with Gasteiger partial charge in [0, 0.05) is 61.0 Å². The van der Waals surface area contributed by atoms with E-state index in [0.29, 0.717) is 11.3 Å². The maximum Gasteiger partial charge on any atom is 0.254 e. The number of hydrogen-bond donors (Lipinski definition) is 2. The van der Waals surface area contributed by atoms with E-state index in [4.69, 9.17) is 20.4 Å². The lowest BCUT2D eigenvalue weighted by Gasteiger charge is -2.23. The number of nitrogens with zero attached hydrogens (tertiary/aromatic N) is 6. The second-order valence-corrected chi connectivity index (χ2v) is 12.5. The Morgan fingerprint density at radius 3 is 2.77 bits per heavy atom. The maximum atomic E-state index is 13.8. The van der Waals surface area contributed by atoms with Crippen LogP contribution in [0.2, 0.25) is 0 Å². The molecule has 0 saturated carbocycles. The first kappa shape index (κ1) is 27.1. The number of anilines is 1. The maximum absolute atomic E-state index is 13.8. The number of rotatable bonds is 3. The van der Waals surface area contributed by atoms with E-state index in [-0.39, 0.29) is 24.0 Å². The number of imidazole rings is 1. The van der Waals surface area contributed by atoms with Crippen LogP contribution in [0.15, 0.2) is 48.7 Å². The Hall–Kier alpha value is -4.44. The van der Waals surface area contributed by atoms with Gasteiger partial charge in [0.05, 0.1) is 24.0 Å². The van der Waals surface area contributed by atoms with Gasteiger partial charge in [-0.3, -0.25) is 4.79 Å². The molecule has 7 heterocycles. The molecular formula is C34H38N8O2. The van der Waals surface area contributed by atoms with Crippen LogP contribution in [0, 0.1) is 0 Å². The molecular weight excluding hydrogens is 552 g/mol. The van der Waals surface area contributed by atoms with Crippen LogP contribution in [0.3, 0.4) is 0 Å². The molecule has 2 saturated heterocycles. The Morgan fingerprint density at radius 2 is 1.95 bits per heavy atom. The summed E-state index contributed by atoms with van der Waals surface area (Å²) in [6, 6.07) is 14.6. The smallest absolute Gasteiger partial charge is 0.254 e. The van der Waals surface area contributed by atoms with Crippen molar-refractivity contribution in [3.05, 3.63) is 54.2 Å². The van der Waals surface area contributed by atoms with Crippen molar-refractivity contribution in [2.75, 3.05) is 19.0 Å². The first-order chi connectivity index (χ1) is 21.5. The summed E-state index contributed by atoms with van der Waals surface area (Å²) >= 11 is 0. The number of aromatic nitrogens is 5. The second kappa shape index (κ2) is 10.6. The Kier molecular flexibility index (Phi) is 6.55. The minimum atomic E-state index is 0.0188. The lowest BCUT2D eigenvalue weighted by molar-refractivity contribution is 0.0726. The van der Waals surface area contributed by atoms with E-state index < -0.39 is 0 Å². The highest BCUT2D eigenvalue weighted by Gasteiger charge is 2.47. The Morgan fingerprint density at radius 1 is 1.07 bits per heavy atom. The van der Waals surface area contributed by atoms with Gasteiger partial charge < -0.3 is 29.8 Å². The average Bonchev–Trinajstić information content (AvgIpc) is 3.79. The fourth-order valence-corrected chi connectivity index (χ4v) is 7.72. The highest BCUT2D eigenvalue weighted by atomic mass is 16.5. The van der Waals surface area contributed by atoms with Gasteiger partial charge in [0.1, 0.15) is 22.7 Å². The summed E-state index contributed by atoms with van der Waals surface area (Å²) in [6.45, 7) is 1.73. The summed E-state index contributed by atoms with van der Waals surface area (Å²) in [5.41, 5.74) is 12.4. The van der Waals surface area contributed by atoms with Crippen LogP contribution in [-0.4, -0.2) is 66.7 Å². The van der Waals surface area contributed by atoms with E-state index in [2.05, 4.69) is 43.7 Å². The highest BCUT2D eigenvalue weighted by molar-refractivity contribution is 6.01. The van der Waals surface area contributed by atoms with Gasteiger partial charge >= 0.3 is 0 Å². The van der Waals surface area contributed by atoms with Crippen LogP contribution in [0.25, 0.3) is 44.8 Å². The molecule has 0 aliphatic carbocycles. The van der Waals surface area contributed by atoms with Crippen molar-refractivity contribution in [3.8, 4) is 28.5 Å². The summed E-state index contributed by atoms with van der Waals surface area (Å²) < 4.78 is 10.3. The molecule has 0 spiro atoms. The van der Waals surface area contributed by atoms with Gasteiger partial charge in [0.2, 0.25) is 0 Å². The quantitative estimate of drug-likeness (QED) is 0.291. The van der Waals surface area contributed by atoms with Gasteiger partial charge in [-0.15, -0.1) is 0 Å². The first-order valence-corrected chi connectivity index (χ1v) is 15.8. The molecule has 3 aliphatic rings. The molecule has 0 unspecified atom stereocenters. The minimum absolute atomic E-state index is 0.0188. The lowest BCUT2D eigenvalue weighted by Crippen LogP contribution is -2.40. The molecule has 3 atom stereocenters. The number of carbonyl (C=O) groups is 1. The number of methoxy groups -OCH3 is 1. The zero-order valence-corrected chi connectivity index (χ0v) is 25.3. The summed E-state index contributed by atoms with van der Waals surface area (Å²) in [4.78, 5) is 30.8. The fraction of sp³-hybridized carbons (Fsp3) is 0.412. The average molecular weight is 591 g/mol. The fourth-order valence-electron chi connectivity index (χ4n) is 7.72. The molecule has 10 heteroatoms. The Bertz CT molecular complexity index is 1910. The third kappa shape index (κ3) is 4.26. The topological polar surface area (TPSA) is 116 Å². The van der Waals surface area contributed by atoms with Gasteiger partial charge in [-0.1, -0.05) is 12.8 Å². The van der Waals surface area contributed by atoms with Crippen LogP contribution < -0.4 is 15.8 Å². The predicted octanol–water partition coefficient (Wildman–Crippen LogP) is 5.35. The molecule has 4 bridgehead atoms. The molecule has 0 radical (unpaired) electrons. The molecule has 5 aromatic rings. The number of ether oxygens (including phenoxy) is 1. The Labute approximate surface area is 256 Å². The van der Waals surface area contributed by atoms with Crippen LogP contribution in [0.5, 0.6) is 5.75 Å². The van der Waals surface area contributed by atoms with Gasteiger partial charge in [0.15, 0.2) is 5.82 Å². The number of benzene rings is 1. The zero-order valence-electron chi connectivity index (χ0n) is 25.3. The Balaban J connectivity index is 1.25. The highest BCUT2D eigenvalue weighted by Crippen LogP contribution is 2.40. The SMILES string of the molecule is COc1cc(C(=O)N2[C@H]3CC[C@@H]2[C@H](N)C3)cc2nc(-c3cc4ccc5nc4n3CCCCCCNc3ncccc3-5)n(C)c12. The number of fused-ring (bicyclic) bond motifs is 6. The number of amides is 1. The molecule has 10 nitrogen and oxygen atoms in total. The number of pyridine rings is 2. The van der Waals surface area contributed by atoms with Crippen molar-refractivity contribution in [3.63, 3.8) is 0 Å². The first-order valence-electron chi connectivity index (χ1n) is 15.8. The van der Waals surface area contributed by atoms with E-state index in [1.54, 1.807) is 7.11 Å². The summed E-state index contributed by atoms with van der Waals surface area (Å²) in [5, 5.41) is 4.59. The van der Waals surface area contributed by atoms with Crippen molar-refractivity contribution >= 4 is 33.8 Å². The number of nitrogens with two attached hydrogens (primary N) is 1. The van der Waals surface area contributed by atoms with Crippen LogP contribution in [0.4, 0.5) is 5.82 Å². The molecule has 3 aliphatic heterocycles. The van der Waals surface area contributed by atoms with E-state index in [1.165, 1.54) is 0 Å². The summed E-state index contributed by atoms with van der Waals surface area (Å²) in [7, 11) is 3.67. The molecule has 2 fully saturated rings. The van der Waals surface area contributed by atoms with Gasteiger partial charge in [-0.2, -0.15) is 0 Å². The second-order valence-electron chi connectivity index (χ2n) is 12.5. The molecule has 3 N–H and O–H groups in total. The van der Waals surface area contributed by atoms with Crippen molar-refractivity contribution in [2.24, 2.45) is 12.8 Å². The molecule has 1 aromatic carbocycles. The molecule has 226 valence electrons. The van der Waals surface area contributed by atoms with E-state index in [1.807, 2.05) is 36.3 Å². The molecule has 8 rings (SSSR count). The largest absolute Gasteiger partial charge is 0.494 e. The van der Waals surface area contributed by atoms with Gasteiger partial charge in [0.25, 0.3) is 5.91 Å². The normalized spacial score (nSPS) is 21.6. The van der Waals surface area contributed by atoms with Crippen molar-refractivity contribution in [1.29, 1.82) is 0 Å². The van der Waals surface area contributed by atoms with Crippen molar-refractivity contribution in [2.45, 2.75) is 69.6 Å². The van der Waals surface area contributed by atoms with Gasteiger partial charge in [-0.25, -0.2) is 15.0 Å². The van der Waals surface area contributed by atoms with Crippen molar-refractivity contribution in [1.82, 2.24) is 29.0 Å².